The predicted molar refractivity (Wildman–Crippen MR) is 54.6 cm³/mol. The monoisotopic (exact) mass is 274 g/mol. The van der Waals surface area contributed by atoms with Gasteiger partial charge in [-0.2, -0.15) is 0 Å². The first-order valence-electron chi connectivity index (χ1n) is 3.78. The Morgan fingerprint density at radius 2 is 2.43 bits per heavy atom. The number of hydrogen-bond donors (Lipinski definition) is 1. The summed E-state index contributed by atoms with van der Waals surface area (Å²) in [6.07, 6.45) is 1.65. The zero-order chi connectivity index (χ0) is 10.1. The average Bonchev–Trinajstić information content (AvgIpc) is 2.75. The standard InChI is InChI=1S/C6H7BrN6S/c1-13-5(6(7)10-11-13)4(8)3-2-9-12-14-3/h2,4H,8H2,1H3. The van der Waals surface area contributed by atoms with Crippen molar-refractivity contribution in [2.24, 2.45) is 12.8 Å². The second-order valence-corrected chi connectivity index (χ2v) is 4.26. The summed E-state index contributed by atoms with van der Waals surface area (Å²) in [5.41, 5.74) is 6.82. The molecule has 1 unspecified atom stereocenters. The molecule has 0 radical (unpaired) electrons. The van der Waals surface area contributed by atoms with Gasteiger partial charge in [0.1, 0.15) is 0 Å². The van der Waals surface area contributed by atoms with E-state index in [2.05, 4.69) is 35.8 Å². The summed E-state index contributed by atoms with van der Waals surface area (Å²) < 4.78 is 6.05. The molecule has 2 aromatic heterocycles. The fourth-order valence-corrected chi connectivity index (χ4v) is 2.20. The summed E-state index contributed by atoms with van der Waals surface area (Å²) in [6.45, 7) is 0. The minimum absolute atomic E-state index is 0.288. The van der Waals surface area contributed by atoms with Crippen LogP contribution in [0.1, 0.15) is 16.6 Å². The van der Waals surface area contributed by atoms with Crippen LogP contribution in [0, 0.1) is 0 Å². The summed E-state index contributed by atoms with van der Waals surface area (Å²) in [4.78, 5) is 0.885. The van der Waals surface area contributed by atoms with Crippen molar-refractivity contribution in [1.29, 1.82) is 0 Å². The van der Waals surface area contributed by atoms with Crippen LogP contribution in [0.3, 0.4) is 0 Å². The normalized spacial score (nSPS) is 13.1. The van der Waals surface area contributed by atoms with Crippen molar-refractivity contribution in [3.63, 3.8) is 0 Å². The molecule has 0 saturated carbocycles. The van der Waals surface area contributed by atoms with Crippen molar-refractivity contribution >= 4 is 27.5 Å². The van der Waals surface area contributed by atoms with E-state index in [0.29, 0.717) is 4.60 Å². The van der Waals surface area contributed by atoms with Gasteiger partial charge in [-0.05, 0) is 27.5 Å². The zero-order valence-corrected chi connectivity index (χ0v) is 9.66. The quantitative estimate of drug-likeness (QED) is 0.861. The smallest absolute Gasteiger partial charge is 0.153 e. The lowest BCUT2D eigenvalue weighted by Gasteiger charge is -2.07. The lowest BCUT2D eigenvalue weighted by Crippen LogP contribution is -2.15. The van der Waals surface area contributed by atoms with E-state index in [1.807, 2.05) is 0 Å². The number of hydrogen-bond acceptors (Lipinski definition) is 6. The van der Waals surface area contributed by atoms with Gasteiger partial charge < -0.3 is 5.73 Å². The predicted octanol–water partition coefficient (Wildman–Crippen LogP) is 0.477. The summed E-state index contributed by atoms with van der Waals surface area (Å²) in [5.74, 6) is 0. The second-order valence-electron chi connectivity index (χ2n) is 2.69. The molecule has 0 bridgehead atoms. The number of nitrogens with two attached hydrogens (primary N) is 1. The van der Waals surface area contributed by atoms with Crippen LogP contribution in [0.4, 0.5) is 0 Å². The van der Waals surface area contributed by atoms with E-state index in [0.717, 1.165) is 10.6 Å². The molecule has 0 aromatic carbocycles. The van der Waals surface area contributed by atoms with Gasteiger partial charge in [0, 0.05) is 7.05 Å². The lowest BCUT2D eigenvalue weighted by atomic mass is 10.2. The molecule has 2 aromatic rings. The third-order valence-corrected chi connectivity index (χ3v) is 3.12. The van der Waals surface area contributed by atoms with Gasteiger partial charge in [-0.25, -0.2) is 4.68 Å². The number of rotatable bonds is 2. The van der Waals surface area contributed by atoms with Gasteiger partial charge in [0.25, 0.3) is 0 Å². The molecule has 0 saturated heterocycles. The van der Waals surface area contributed by atoms with E-state index in [4.69, 9.17) is 5.73 Å². The Morgan fingerprint density at radius 3 is 2.93 bits per heavy atom. The molecule has 2 rings (SSSR count). The number of aromatic nitrogens is 5. The highest BCUT2D eigenvalue weighted by Crippen LogP contribution is 2.25. The number of nitrogens with zero attached hydrogens (tertiary/aromatic N) is 5. The molecule has 0 amide bonds. The van der Waals surface area contributed by atoms with Crippen LogP contribution in [0.5, 0.6) is 0 Å². The van der Waals surface area contributed by atoms with Gasteiger partial charge >= 0.3 is 0 Å². The molecule has 0 aliphatic heterocycles. The first-order valence-corrected chi connectivity index (χ1v) is 5.34. The molecule has 0 aliphatic carbocycles. The van der Waals surface area contributed by atoms with Crippen molar-refractivity contribution in [1.82, 2.24) is 24.6 Å². The summed E-state index contributed by atoms with van der Waals surface area (Å²) >= 11 is 4.56. The molecule has 1 atom stereocenters. The Balaban J connectivity index is 2.41. The molecule has 8 heteroatoms. The highest BCUT2D eigenvalue weighted by Gasteiger charge is 2.19. The third kappa shape index (κ3) is 1.56. The lowest BCUT2D eigenvalue weighted by molar-refractivity contribution is 0.654. The minimum Gasteiger partial charge on any atom is -0.318 e. The van der Waals surface area contributed by atoms with Gasteiger partial charge in [-0.1, -0.05) is 9.70 Å². The van der Waals surface area contributed by atoms with Crippen LogP contribution in [0.2, 0.25) is 0 Å². The van der Waals surface area contributed by atoms with E-state index in [1.165, 1.54) is 11.5 Å². The SMILES string of the molecule is Cn1nnc(Br)c1C(N)c1cnns1. The van der Waals surface area contributed by atoms with Gasteiger partial charge in [0.05, 0.1) is 22.8 Å². The maximum Gasteiger partial charge on any atom is 0.153 e. The molecule has 2 heterocycles. The molecule has 14 heavy (non-hydrogen) atoms. The Morgan fingerprint density at radius 1 is 1.64 bits per heavy atom. The summed E-state index contributed by atoms with van der Waals surface area (Å²) in [5, 5.41) is 11.4. The Bertz CT molecular complexity index is 404. The molecule has 0 fully saturated rings. The zero-order valence-electron chi connectivity index (χ0n) is 7.25. The maximum absolute atomic E-state index is 6.01. The van der Waals surface area contributed by atoms with E-state index >= 15 is 0 Å². The van der Waals surface area contributed by atoms with Gasteiger partial charge in [-0.3, -0.25) is 0 Å². The molecule has 2 N–H and O–H groups in total. The van der Waals surface area contributed by atoms with Gasteiger partial charge in [-0.15, -0.1) is 10.2 Å². The van der Waals surface area contributed by atoms with Crippen LogP contribution in [-0.2, 0) is 7.05 Å². The van der Waals surface area contributed by atoms with Crippen molar-refractivity contribution in [3.05, 3.63) is 21.4 Å². The summed E-state index contributed by atoms with van der Waals surface area (Å²) in [6, 6.07) is -0.288. The van der Waals surface area contributed by atoms with Crippen molar-refractivity contribution < 1.29 is 0 Å². The van der Waals surface area contributed by atoms with Crippen molar-refractivity contribution in [3.8, 4) is 0 Å². The fraction of sp³-hybridized carbons (Fsp3) is 0.333. The molecule has 0 aliphatic rings. The van der Waals surface area contributed by atoms with Crippen LogP contribution in [0.15, 0.2) is 10.8 Å². The highest BCUT2D eigenvalue weighted by molar-refractivity contribution is 9.10. The van der Waals surface area contributed by atoms with E-state index < -0.39 is 0 Å². The van der Waals surface area contributed by atoms with Crippen LogP contribution in [0.25, 0.3) is 0 Å². The molecule has 74 valence electrons. The first-order chi connectivity index (χ1) is 6.70. The average molecular weight is 275 g/mol. The molecule has 6 nitrogen and oxygen atoms in total. The van der Waals surface area contributed by atoms with Crippen molar-refractivity contribution in [2.45, 2.75) is 6.04 Å². The highest BCUT2D eigenvalue weighted by atomic mass is 79.9. The maximum atomic E-state index is 6.01. The van der Waals surface area contributed by atoms with E-state index in [9.17, 15) is 0 Å². The Labute approximate surface area is 92.4 Å². The molecular weight excluding hydrogens is 268 g/mol. The topological polar surface area (TPSA) is 82.5 Å². The van der Waals surface area contributed by atoms with E-state index in [1.54, 1.807) is 17.9 Å². The number of halogens is 1. The minimum atomic E-state index is -0.288. The van der Waals surface area contributed by atoms with Crippen LogP contribution < -0.4 is 5.73 Å². The molecular formula is C6H7BrN6S. The van der Waals surface area contributed by atoms with E-state index in [-0.39, 0.29) is 6.04 Å². The summed E-state index contributed by atoms with van der Waals surface area (Å²) in [7, 11) is 1.79. The Kier molecular flexibility index (Phi) is 2.57. The second kappa shape index (κ2) is 3.71. The van der Waals surface area contributed by atoms with Crippen molar-refractivity contribution in [2.75, 3.05) is 0 Å². The van der Waals surface area contributed by atoms with Crippen LogP contribution >= 0.6 is 27.5 Å². The fourth-order valence-electron chi connectivity index (χ4n) is 1.12. The van der Waals surface area contributed by atoms with Crippen LogP contribution in [-0.4, -0.2) is 24.6 Å². The van der Waals surface area contributed by atoms with Gasteiger partial charge in [0.2, 0.25) is 0 Å². The third-order valence-electron chi connectivity index (χ3n) is 1.81. The van der Waals surface area contributed by atoms with Gasteiger partial charge in [0.15, 0.2) is 4.60 Å². The Hall–Kier alpha value is -0.860. The number of aryl methyl sites for hydroxylation is 1. The first kappa shape index (κ1) is 9.69. The largest absolute Gasteiger partial charge is 0.318 e. The molecule has 0 spiro atoms.